The van der Waals surface area contributed by atoms with E-state index in [1.165, 1.54) is 0 Å². The molecular weight excluding hydrogens is 921 g/mol. The minimum absolute atomic E-state index is 0.196. The van der Waals surface area contributed by atoms with E-state index >= 15 is 0 Å². The van der Waals surface area contributed by atoms with Crippen molar-refractivity contribution in [1.82, 2.24) is 15.0 Å². The van der Waals surface area contributed by atoms with Gasteiger partial charge in [-0.25, -0.2) is 0 Å². The van der Waals surface area contributed by atoms with Crippen LogP contribution in [0.15, 0.2) is 182 Å². The van der Waals surface area contributed by atoms with Crippen LogP contribution in [-0.4, -0.2) is 33.8 Å². The van der Waals surface area contributed by atoms with Gasteiger partial charge in [-0.3, -0.25) is 13.7 Å². The highest BCUT2D eigenvalue weighted by Gasteiger charge is 2.34. The zero-order chi connectivity index (χ0) is 45.8. The van der Waals surface area contributed by atoms with Gasteiger partial charge in [-0.15, -0.1) is 0 Å². The summed E-state index contributed by atoms with van der Waals surface area (Å²) in [5.41, 5.74) is 0. The van der Waals surface area contributed by atoms with Gasteiger partial charge in [-0.1, -0.05) is 137 Å². The maximum absolute atomic E-state index is 14.1. The predicted octanol–water partition coefficient (Wildman–Crippen LogP) is 10.6. The van der Waals surface area contributed by atoms with Crippen molar-refractivity contribution in [3.63, 3.8) is 0 Å². The van der Waals surface area contributed by atoms with Crippen molar-refractivity contribution in [2.45, 2.75) is 0 Å². The molecule has 66 heavy (non-hydrogen) atoms. The third kappa shape index (κ3) is 15.6. The van der Waals surface area contributed by atoms with Crippen molar-refractivity contribution >= 4 is 40.6 Å². The molecule has 21 nitrogen and oxygen atoms in total. The fraction of sp³-hybridized carbons (Fsp3) is 0.0714. The zero-order valence-corrected chi connectivity index (χ0v) is 36.9. The second-order valence-electron chi connectivity index (χ2n) is 13.0. The molecule has 0 amide bonds. The Hall–Kier alpha value is -7.02. The summed E-state index contributed by atoms with van der Waals surface area (Å²) in [5, 5.41) is 8.23. The Labute approximate surface area is 377 Å². The van der Waals surface area contributed by atoms with Gasteiger partial charge in [0.05, 0.1) is 0 Å². The molecule has 7 rings (SSSR count). The van der Waals surface area contributed by atoms with E-state index in [1.54, 1.807) is 182 Å². The van der Waals surface area contributed by atoms with Gasteiger partial charge in [-0.05, 0) is 72.8 Å². The number of hydrogen-bond donors (Lipinski definition) is 3. The first-order valence-electron chi connectivity index (χ1n) is 19.4. The molecule has 0 saturated carbocycles. The average Bonchev–Trinajstić information content (AvgIpc) is 3.38. The Morgan fingerprint density at radius 1 is 0.288 bits per heavy atom. The molecule has 7 aromatic rings. The number of hydrogen-bond acceptors (Lipinski definition) is 21. The molecule has 342 valence electrons. The monoisotopic (exact) mass is 960 g/mol. The van der Waals surface area contributed by atoms with E-state index in [0.29, 0.717) is 0 Å². The van der Waals surface area contributed by atoms with Crippen molar-refractivity contribution in [2.24, 2.45) is 0 Å². The van der Waals surface area contributed by atoms with Gasteiger partial charge < -0.3 is 45.3 Å². The molecule has 3 N–H and O–H groups in total. The highest BCUT2D eigenvalue weighted by molar-refractivity contribution is 7.54. The number of nitrogens with zero attached hydrogens (tertiary/aromatic N) is 3. The molecule has 0 atom stereocenters. The molecule has 0 spiro atoms. The molecule has 1 heterocycles. The summed E-state index contributed by atoms with van der Waals surface area (Å²) in [7, 11) is -13.2. The Kier molecular flexibility index (Phi) is 16.9. The maximum Gasteiger partial charge on any atom is 0.423 e. The quantitative estimate of drug-likeness (QED) is 0.0247. The van der Waals surface area contributed by atoms with Crippen molar-refractivity contribution in [1.29, 1.82) is 0 Å². The van der Waals surface area contributed by atoms with Crippen LogP contribution in [0.25, 0.3) is 0 Å². The maximum atomic E-state index is 14.1. The lowest BCUT2D eigenvalue weighted by atomic mass is 10.3. The van der Waals surface area contributed by atoms with E-state index in [2.05, 4.69) is 30.9 Å². The smallest absolute Gasteiger partial charge is 0.342 e. The van der Waals surface area contributed by atoms with Crippen molar-refractivity contribution in [3.8, 4) is 34.5 Å². The number of para-hydroxylation sites is 6. The fourth-order valence-electron chi connectivity index (χ4n) is 4.77. The standard InChI is InChI=1S/C42H39N6O15P3/c49-64(58-52-34-19-7-1-8-20-34,59-53-35-21-9-2-10-22-35)31-43-40-46-41(44-32-65(50,60-54-36-23-11-3-12-24-36)61-55-37-25-13-4-14-26-37)48-42(47-40)45-33-66(51,62-56-38-27-15-5-16-28-38)63-57-39-29-17-6-18-30-39/h1-30H,31-33H2,(H3,43,44,45,46,47,48). The van der Waals surface area contributed by atoms with Crippen LogP contribution in [0.2, 0.25) is 0 Å². The van der Waals surface area contributed by atoms with E-state index in [-0.39, 0.29) is 52.3 Å². The van der Waals surface area contributed by atoms with Crippen molar-refractivity contribution in [2.75, 3.05) is 34.8 Å². The van der Waals surface area contributed by atoms with Crippen LogP contribution in [0.3, 0.4) is 0 Å². The van der Waals surface area contributed by atoms with Crippen LogP contribution in [0.5, 0.6) is 34.5 Å². The van der Waals surface area contributed by atoms with Gasteiger partial charge in [0.15, 0.2) is 34.5 Å². The van der Waals surface area contributed by atoms with Gasteiger partial charge >= 0.3 is 22.8 Å². The third-order valence-electron chi connectivity index (χ3n) is 7.87. The second-order valence-corrected chi connectivity index (χ2v) is 18.5. The highest BCUT2D eigenvalue weighted by Crippen LogP contribution is 2.51. The minimum atomic E-state index is -4.42. The van der Waals surface area contributed by atoms with Crippen LogP contribution >= 0.6 is 22.8 Å². The Morgan fingerprint density at radius 3 is 0.621 bits per heavy atom. The zero-order valence-electron chi connectivity index (χ0n) is 34.2. The lowest BCUT2D eigenvalue weighted by Crippen LogP contribution is -2.18. The summed E-state index contributed by atoms with van der Waals surface area (Å²) in [6, 6.07) is 49.2. The summed E-state index contributed by atoms with van der Waals surface area (Å²) in [6.45, 7) is 0. The van der Waals surface area contributed by atoms with Crippen molar-refractivity contribution in [3.05, 3.63) is 182 Å². The molecular formula is C42H39N6O15P3. The normalized spacial score (nSPS) is 11.5. The topological polar surface area (TPSA) is 237 Å². The summed E-state index contributed by atoms with van der Waals surface area (Å²) in [6.07, 6.45) is -2.05. The summed E-state index contributed by atoms with van der Waals surface area (Å²) in [5.74, 6) is 0.253. The van der Waals surface area contributed by atoms with Gasteiger partial charge in [0.2, 0.25) is 17.8 Å². The Balaban J connectivity index is 1.14. The molecule has 0 aliphatic rings. The lowest BCUT2D eigenvalue weighted by Gasteiger charge is -2.19. The molecule has 6 aromatic carbocycles. The van der Waals surface area contributed by atoms with E-state index in [0.717, 1.165) is 0 Å². The summed E-state index contributed by atoms with van der Waals surface area (Å²) in [4.78, 5) is 44.8. The molecule has 0 bridgehead atoms. The predicted molar refractivity (Wildman–Crippen MR) is 237 cm³/mol. The largest absolute Gasteiger partial charge is 0.423 e. The lowest BCUT2D eigenvalue weighted by molar-refractivity contribution is -0.170. The van der Waals surface area contributed by atoms with Gasteiger partial charge in [0, 0.05) is 0 Å². The molecule has 0 aliphatic carbocycles. The Bertz CT molecular complexity index is 2230. The number of nitrogens with one attached hydrogen (secondary N) is 3. The van der Waals surface area contributed by atoms with Crippen LogP contribution in [0.4, 0.5) is 17.8 Å². The van der Waals surface area contributed by atoms with E-state index in [1.807, 2.05) is 0 Å². The van der Waals surface area contributed by atoms with Crippen molar-refractivity contribution < 1.29 is 71.1 Å². The Morgan fingerprint density at radius 2 is 0.455 bits per heavy atom. The molecule has 24 heteroatoms. The van der Waals surface area contributed by atoms with Gasteiger partial charge in [-0.2, -0.15) is 15.0 Å². The SMILES string of the molecule is O=P(CNc1nc(NCP(=O)(OOc2ccccc2)OOc2ccccc2)nc(NCP(=O)(OOc2ccccc2)OOc2ccccc2)n1)(OOc1ccccc1)OOc1ccccc1. The van der Waals surface area contributed by atoms with Gasteiger partial charge in [0.1, 0.15) is 18.9 Å². The highest BCUT2D eigenvalue weighted by atomic mass is 31.2. The van der Waals surface area contributed by atoms with Crippen LogP contribution in [-0.2, 0) is 41.7 Å². The van der Waals surface area contributed by atoms with Crippen LogP contribution < -0.4 is 45.3 Å². The molecule has 0 saturated heterocycles. The molecule has 0 aliphatic heterocycles. The summed E-state index contributed by atoms with van der Waals surface area (Å²) < 4.78 is 74.2. The van der Waals surface area contributed by atoms with E-state index in [9.17, 15) is 13.7 Å². The van der Waals surface area contributed by atoms with E-state index in [4.69, 9.17) is 57.4 Å². The first kappa shape index (κ1) is 47.0. The first-order chi connectivity index (χ1) is 32.2. The molecule has 0 fully saturated rings. The summed E-state index contributed by atoms with van der Waals surface area (Å²) >= 11 is 0. The van der Waals surface area contributed by atoms with E-state index < -0.39 is 41.6 Å². The fourth-order valence-corrected chi connectivity index (χ4v) is 7.36. The first-order valence-corrected chi connectivity index (χ1v) is 24.6. The second kappa shape index (κ2) is 23.8. The number of aromatic nitrogens is 3. The van der Waals surface area contributed by atoms with Crippen LogP contribution in [0.1, 0.15) is 0 Å². The molecule has 0 unspecified atom stereocenters. The average molecular weight is 961 g/mol. The third-order valence-corrected chi connectivity index (χ3v) is 11.3. The molecule has 1 aromatic heterocycles. The minimum Gasteiger partial charge on any atom is -0.342 e. The molecule has 0 radical (unpaired) electrons. The van der Waals surface area contributed by atoms with Crippen LogP contribution in [0, 0.1) is 0 Å². The number of anilines is 3. The number of benzene rings is 6. The number of rotatable bonds is 27. The van der Waals surface area contributed by atoms with Gasteiger partial charge in [0.25, 0.3) is 0 Å².